The summed E-state index contributed by atoms with van der Waals surface area (Å²) in [6.45, 7) is 3.16. The number of anilines is 1. The van der Waals surface area contributed by atoms with Crippen LogP contribution in [0.25, 0.3) is 0 Å². The second kappa shape index (κ2) is 4.87. The fraction of sp³-hybridized carbons (Fsp3) is 0.455. The molecule has 0 amide bonds. The third-order valence-corrected chi connectivity index (χ3v) is 2.14. The first-order chi connectivity index (χ1) is 6.24. The lowest BCUT2D eigenvalue weighted by Gasteiger charge is -2.22. The van der Waals surface area contributed by atoms with E-state index in [0.717, 1.165) is 12.2 Å². The average Bonchev–Trinajstić information content (AvgIpc) is 2.19. The highest BCUT2D eigenvalue weighted by Crippen LogP contribution is 2.09. The smallest absolute Gasteiger partial charge is 0.0444 e. The maximum absolute atomic E-state index is 3.21. The van der Waals surface area contributed by atoms with Gasteiger partial charge in [-0.3, -0.25) is 0 Å². The Bertz CT molecular complexity index is 233. The summed E-state index contributed by atoms with van der Waals surface area (Å²) in [7, 11) is 4.06. The summed E-state index contributed by atoms with van der Waals surface area (Å²) in [5, 5.41) is 3.21. The zero-order valence-electron chi connectivity index (χ0n) is 8.54. The molecule has 0 spiro atoms. The Labute approximate surface area is 80.6 Å². The lowest BCUT2D eigenvalue weighted by atomic mass is 10.2. The predicted octanol–water partition coefficient (Wildman–Crippen LogP) is 1.53. The van der Waals surface area contributed by atoms with E-state index in [2.05, 4.69) is 36.3 Å². The maximum Gasteiger partial charge on any atom is 0.0444 e. The van der Waals surface area contributed by atoms with Crippen molar-refractivity contribution in [3.63, 3.8) is 0 Å². The van der Waals surface area contributed by atoms with Gasteiger partial charge >= 0.3 is 0 Å². The van der Waals surface area contributed by atoms with E-state index in [1.807, 2.05) is 25.2 Å². The van der Waals surface area contributed by atoms with Gasteiger partial charge < -0.3 is 10.2 Å². The summed E-state index contributed by atoms with van der Waals surface area (Å²) in [5.41, 5.74) is 1.14. The van der Waals surface area contributed by atoms with Gasteiger partial charge in [-0.2, -0.15) is 0 Å². The Morgan fingerprint density at radius 3 is 2.85 bits per heavy atom. The first-order valence-corrected chi connectivity index (χ1v) is 4.59. The molecule has 0 aliphatic carbocycles. The van der Waals surface area contributed by atoms with E-state index in [1.54, 1.807) is 0 Å². The van der Waals surface area contributed by atoms with Gasteiger partial charge in [0.2, 0.25) is 0 Å². The first-order valence-electron chi connectivity index (χ1n) is 4.59. The van der Waals surface area contributed by atoms with Crippen molar-refractivity contribution in [2.24, 2.45) is 0 Å². The summed E-state index contributed by atoms with van der Waals surface area (Å²) in [6.07, 6.45) is 0. The third kappa shape index (κ3) is 3.07. The molecule has 2 heteroatoms. The molecule has 0 saturated carbocycles. The average molecular weight is 177 g/mol. The van der Waals surface area contributed by atoms with E-state index in [0.29, 0.717) is 6.04 Å². The largest absolute Gasteiger partial charge is 0.373 e. The zero-order chi connectivity index (χ0) is 9.68. The normalized spacial score (nSPS) is 12.5. The van der Waals surface area contributed by atoms with Gasteiger partial charge in [-0.25, -0.2) is 0 Å². The van der Waals surface area contributed by atoms with Crippen LogP contribution in [-0.2, 0) is 0 Å². The van der Waals surface area contributed by atoms with Crippen molar-refractivity contribution >= 4 is 5.69 Å². The lowest BCUT2D eigenvalue weighted by Crippen LogP contribution is -2.35. The van der Waals surface area contributed by atoms with Crippen molar-refractivity contribution in [1.82, 2.24) is 5.32 Å². The fourth-order valence-electron chi connectivity index (χ4n) is 1.22. The number of benzene rings is 1. The second-order valence-electron chi connectivity index (χ2n) is 3.32. The molecule has 1 rings (SSSR count). The van der Waals surface area contributed by atoms with Crippen LogP contribution >= 0.6 is 0 Å². The molecule has 1 atom stereocenters. The van der Waals surface area contributed by atoms with Crippen LogP contribution in [0.5, 0.6) is 0 Å². The molecule has 13 heavy (non-hydrogen) atoms. The highest BCUT2D eigenvalue weighted by atomic mass is 15.1. The minimum atomic E-state index is 0.499. The van der Waals surface area contributed by atoms with Crippen LogP contribution < -0.4 is 10.2 Å². The molecule has 0 bridgehead atoms. The van der Waals surface area contributed by atoms with Gasteiger partial charge in [-0.1, -0.05) is 18.2 Å². The van der Waals surface area contributed by atoms with Gasteiger partial charge in [0.25, 0.3) is 0 Å². The molecule has 0 aromatic heterocycles. The summed E-state index contributed by atoms with van der Waals surface area (Å²) in [5.74, 6) is 0. The van der Waals surface area contributed by atoms with E-state index in [-0.39, 0.29) is 0 Å². The molecule has 0 fully saturated rings. The fourth-order valence-corrected chi connectivity index (χ4v) is 1.22. The number of hydrogen-bond acceptors (Lipinski definition) is 2. The van der Waals surface area contributed by atoms with Crippen LogP contribution in [0.3, 0.4) is 0 Å². The molecular formula is C11H17N2. The first kappa shape index (κ1) is 10.1. The number of likely N-dealkylation sites (N-methyl/N-ethyl adjacent to an activating group) is 2. The minimum Gasteiger partial charge on any atom is -0.373 e. The van der Waals surface area contributed by atoms with E-state index >= 15 is 0 Å². The van der Waals surface area contributed by atoms with Crippen molar-refractivity contribution in [3.8, 4) is 0 Å². The molecule has 0 saturated heterocycles. The minimum absolute atomic E-state index is 0.499. The summed E-state index contributed by atoms with van der Waals surface area (Å²) < 4.78 is 0. The number of para-hydroxylation sites is 1. The van der Waals surface area contributed by atoms with Crippen LogP contribution in [0.2, 0.25) is 0 Å². The molecule has 1 aromatic carbocycles. The molecule has 0 heterocycles. The summed E-state index contributed by atoms with van der Waals surface area (Å²) in [6, 6.07) is 11.7. The van der Waals surface area contributed by atoms with Gasteiger partial charge in [0.15, 0.2) is 0 Å². The van der Waals surface area contributed by atoms with E-state index in [1.165, 1.54) is 0 Å². The predicted molar refractivity (Wildman–Crippen MR) is 57.1 cm³/mol. The number of nitrogens with one attached hydrogen (secondary N) is 1. The SMILES string of the molecule is CNC(C)CN(C)c1[c]cccc1. The van der Waals surface area contributed by atoms with Crippen molar-refractivity contribution in [3.05, 3.63) is 30.3 Å². The Kier molecular flexibility index (Phi) is 3.77. The number of nitrogens with zero attached hydrogens (tertiary/aromatic N) is 1. The van der Waals surface area contributed by atoms with Gasteiger partial charge in [0, 0.05) is 31.4 Å². The maximum atomic E-state index is 3.21. The summed E-state index contributed by atoms with van der Waals surface area (Å²) in [4.78, 5) is 2.20. The standard InChI is InChI=1S/C11H17N2/c1-10(12-2)9-13(3)11-7-5-4-6-8-11/h4-7,10,12H,9H2,1-3H3. The number of hydrogen-bond donors (Lipinski definition) is 1. The van der Waals surface area contributed by atoms with Gasteiger partial charge in [-0.05, 0) is 20.0 Å². The molecular weight excluding hydrogens is 160 g/mol. The van der Waals surface area contributed by atoms with Crippen LogP contribution in [0, 0.1) is 6.07 Å². The third-order valence-electron chi connectivity index (χ3n) is 2.14. The Balaban J connectivity index is 2.53. The molecule has 1 radical (unpaired) electrons. The van der Waals surface area contributed by atoms with E-state index in [9.17, 15) is 0 Å². The van der Waals surface area contributed by atoms with Gasteiger partial charge in [0.1, 0.15) is 0 Å². The molecule has 1 aromatic rings. The second-order valence-corrected chi connectivity index (χ2v) is 3.32. The molecule has 0 aliphatic rings. The molecule has 71 valence electrons. The molecule has 0 aliphatic heterocycles. The lowest BCUT2D eigenvalue weighted by molar-refractivity contribution is 0.605. The van der Waals surface area contributed by atoms with Crippen LogP contribution in [-0.4, -0.2) is 26.7 Å². The highest BCUT2D eigenvalue weighted by Gasteiger charge is 2.03. The van der Waals surface area contributed by atoms with Crippen LogP contribution in [0.4, 0.5) is 5.69 Å². The van der Waals surface area contributed by atoms with Crippen molar-refractivity contribution in [1.29, 1.82) is 0 Å². The van der Waals surface area contributed by atoms with Crippen LogP contribution in [0.15, 0.2) is 24.3 Å². The van der Waals surface area contributed by atoms with E-state index < -0.39 is 0 Å². The molecule has 1 unspecified atom stereocenters. The van der Waals surface area contributed by atoms with Crippen molar-refractivity contribution < 1.29 is 0 Å². The van der Waals surface area contributed by atoms with Gasteiger partial charge in [-0.15, -0.1) is 0 Å². The summed E-state index contributed by atoms with van der Waals surface area (Å²) >= 11 is 0. The van der Waals surface area contributed by atoms with E-state index in [4.69, 9.17) is 0 Å². The monoisotopic (exact) mass is 177 g/mol. The van der Waals surface area contributed by atoms with Gasteiger partial charge in [0.05, 0.1) is 0 Å². The Morgan fingerprint density at radius 2 is 2.31 bits per heavy atom. The Hall–Kier alpha value is -1.02. The quantitative estimate of drug-likeness (QED) is 0.750. The number of rotatable bonds is 4. The molecule has 2 nitrogen and oxygen atoms in total. The van der Waals surface area contributed by atoms with Crippen molar-refractivity contribution in [2.75, 3.05) is 25.5 Å². The van der Waals surface area contributed by atoms with Crippen molar-refractivity contribution in [2.45, 2.75) is 13.0 Å². The highest BCUT2D eigenvalue weighted by molar-refractivity contribution is 5.43. The topological polar surface area (TPSA) is 15.3 Å². The molecule has 1 N–H and O–H groups in total. The zero-order valence-corrected chi connectivity index (χ0v) is 8.54. The Morgan fingerprint density at radius 1 is 1.54 bits per heavy atom. The van der Waals surface area contributed by atoms with Crippen LogP contribution in [0.1, 0.15) is 6.92 Å².